The Labute approximate surface area is 97.2 Å². The minimum Gasteiger partial charge on any atom is -0.462 e. The first-order chi connectivity index (χ1) is 7.50. The van der Waals surface area contributed by atoms with E-state index in [4.69, 9.17) is 4.74 Å². The van der Waals surface area contributed by atoms with E-state index in [1.54, 1.807) is 0 Å². The first kappa shape index (κ1) is 11.9. The molecule has 2 saturated carbocycles. The SMILES string of the molecule is CC(=O)O[C@H]1CC[C@](C)(O)[C@@H]2CCCC[C@@H]12. The summed E-state index contributed by atoms with van der Waals surface area (Å²) in [6, 6.07) is 0. The van der Waals surface area contributed by atoms with E-state index in [1.807, 2.05) is 6.92 Å². The average Bonchev–Trinajstić information content (AvgIpc) is 2.23. The number of carbonyl (C=O) groups is 1. The van der Waals surface area contributed by atoms with E-state index in [1.165, 1.54) is 19.8 Å². The van der Waals surface area contributed by atoms with Crippen molar-refractivity contribution in [1.29, 1.82) is 0 Å². The predicted molar refractivity (Wildman–Crippen MR) is 60.9 cm³/mol. The van der Waals surface area contributed by atoms with Gasteiger partial charge in [-0.15, -0.1) is 0 Å². The highest BCUT2D eigenvalue weighted by Crippen LogP contribution is 2.46. The third-order valence-electron chi connectivity index (χ3n) is 4.35. The molecule has 2 rings (SSSR count). The summed E-state index contributed by atoms with van der Waals surface area (Å²) in [6.45, 7) is 3.42. The van der Waals surface area contributed by atoms with Crippen molar-refractivity contribution >= 4 is 5.97 Å². The molecule has 0 heterocycles. The van der Waals surface area contributed by atoms with Crippen molar-refractivity contribution in [3.8, 4) is 0 Å². The maximum absolute atomic E-state index is 11.1. The predicted octanol–water partition coefficient (Wildman–Crippen LogP) is 2.27. The molecule has 0 spiro atoms. The van der Waals surface area contributed by atoms with Gasteiger partial charge >= 0.3 is 5.97 Å². The summed E-state index contributed by atoms with van der Waals surface area (Å²) < 4.78 is 5.40. The monoisotopic (exact) mass is 226 g/mol. The number of esters is 1. The smallest absolute Gasteiger partial charge is 0.302 e. The molecule has 0 aromatic carbocycles. The molecule has 92 valence electrons. The van der Waals surface area contributed by atoms with E-state index in [0.29, 0.717) is 11.8 Å². The van der Waals surface area contributed by atoms with Gasteiger partial charge in [0.1, 0.15) is 6.10 Å². The van der Waals surface area contributed by atoms with Gasteiger partial charge in [-0.1, -0.05) is 12.8 Å². The molecule has 3 heteroatoms. The first-order valence-corrected chi connectivity index (χ1v) is 6.40. The molecule has 0 unspecified atom stereocenters. The van der Waals surface area contributed by atoms with E-state index in [9.17, 15) is 9.90 Å². The lowest BCUT2D eigenvalue weighted by Gasteiger charge is -2.48. The summed E-state index contributed by atoms with van der Waals surface area (Å²) in [7, 11) is 0. The highest BCUT2D eigenvalue weighted by molar-refractivity contribution is 5.66. The summed E-state index contributed by atoms with van der Waals surface area (Å²) in [6.07, 6.45) is 6.19. The summed E-state index contributed by atoms with van der Waals surface area (Å²) in [5, 5.41) is 10.4. The highest BCUT2D eigenvalue weighted by Gasteiger charge is 2.47. The molecule has 0 saturated heterocycles. The molecule has 0 bridgehead atoms. The van der Waals surface area contributed by atoms with Gasteiger partial charge in [-0.2, -0.15) is 0 Å². The van der Waals surface area contributed by atoms with Gasteiger partial charge in [0.05, 0.1) is 5.60 Å². The number of fused-ring (bicyclic) bond motifs is 1. The van der Waals surface area contributed by atoms with Crippen molar-refractivity contribution in [3.05, 3.63) is 0 Å². The summed E-state index contributed by atoms with van der Waals surface area (Å²) in [5.74, 6) is 0.511. The molecule has 0 radical (unpaired) electrons. The van der Waals surface area contributed by atoms with Crippen LogP contribution in [0.25, 0.3) is 0 Å². The zero-order valence-electron chi connectivity index (χ0n) is 10.2. The molecule has 0 aromatic rings. The molecule has 0 aromatic heterocycles. The fraction of sp³-hybridized carbons (Fsp3) is 0.923. The van der Waals surface area contributed by atoms with Gasteiger partial charge in [0.25, 0.3) is 0 Å². The van der Waals surface area contributed by atoms with Gasteiger partial charge < -0.3 is 9.84 Å². The Hall–Kier alpha value is -0.570. The third kappa shape index (κ3) is 2.24. The Morgan fingerprint density at radius 1 is 1.31 bits per heavy atom. The number of ether oxygens (including phenoxy) is 1. The molecule has 0 amide bonds. The van der Waals surface area contributed by atoms with Crippen LogP contribution in [0.2, 0.25) is 0 Å². The Kier molecular flexibility index (Phi) is 3.24. The van der Waals surface area contributed by atoms with Crippen LogP contribution in [0.5, 0.6) is 0 Å². The maximum atomic E-state index is 11.1. The van der Waals surface area contributed by atoms with E-state index in [2.05, 4.69) is 0 Å². The molecule has 2 aliphatic rings. The molecular weight excluding hydrogens is 204 g/mol. The third-order valence-corrected chi connectivity index (χ3v) is 4.35. The zero-order chi connectivity index (χ0) is 11.8. The largest absolute Gasteiger partial charge is 0.462 e. The van der Waals surface area contributed by atoms with Crippen LogP contribution in [-0.2, 0) is 9.53 Å². The van der Waals surface area contributed by atoms with Crippen molar-refractivity contribution in [1.82, 2.24) is 0 Å². The quantitative estimate of drug-likeness (QED) is 0.698. The van der Waals surface area contributed by atoms with Crippen LogP contribution in [0.3, 0.4) is 0 Å². The molecule has 2 fully saturated rings. The number of rotatable bonds is 1. The number of aliphatic hydroxyl groups is 1. The van der Waals surface area contributed by atoms with E-state index in [-0.39, 0.29) is 12.1 Å². The molecule has 3 nitrogen and oxygen atoms in total. The molecule has 1 N–H and O–H groups in total. The number of hydrogen-bond acceptors (Lipinski definition) is 3. The van der Waals surface area contributed by atoms with Gasteiger partial charge in [0, 0.05) is 12.8 Å². The Bertz CT molecular complexity index is 272. The lowest BCUT2D eigenvalue weighted by molar-refractivity contribution is -0.167. The van der Waals surface area contributed by atoms with Crippen LogP contribution >= 0.6 is 0 Å². The second-order valence-electron chi connectivity index (χ2n) is 5.60. The van der Waals surface area contributed by atoms with Crippen molar-refractivity contribution < 1.29 is 14.6 Å². The van der Waals surface area contributed by atoms with Gasteiger partial charge in [0.15, 0.2) is 0 Å². The molecule has 4 atom stereocenters. The van der Waals surface area contributed by atoms with Crippen molar-refractivity contribution in [3.63, 3.8) is 0 Å². The van der Waals surface area contributed by atoms with Crippen LogP contribution in [0, 0.1) is 11.8 Å². The second kappa shape index (κ2) is 4.36. The van der Waals surface area contributed by atoms with Crippen molar-refractivity contribution in [2.24, 2.45) is 11.8 Å². The van der Waals surface area contributed by atoms with E-state index in [0.717, 1.165) is 25.7 Å². The molecule has 2 aliphatic carbocycles. The fourth-order valence-corrected chi connectivity index (χ4v) is 3.57. The van der Waals surface area contributed by atoms with Crippen molar-refractivity contribution in [2.45, 2.75) is 64.1 Å². The van der Waals surface area contributed by atoms with Gasteiger partial charge in [-0.25, -0.2) is 0 Å². The number of hydrogen-bond donors (Lipinski definition) is 1. The highest BCUT2D eigenvalue weighted by atomic mass is 16.5. The molecular formula is C13H22O3. The first-order valence-electron chi connectivity index (χ1n) is 6.40. The van der Waals surface area contributed by atoms with Crippen LogP contribution in [0.1, 0.15) is 52.4 Å². The maximum Gasteiger partial charge on any atom is 0.302 e. The standard InChI is InChI=1S/C13H22O3/c1-9(14)16-12-7-8-13(2,15)11-6-4-3-5-10(11)12/h10-12,15H,3-8H2,1-2H3/t10-,11-,12+,13+/m1/s1. The average molecular weight is 226 g/mol. The van der Waals surface area contributed by atoms with Gasteiger partial charge in [0.2, 0.25) is 0 Å². The summed E-state index contributed by atoms with van der Waals surface area (Å²) >= 11 is 0. The van der Waals surface area contributed by atoms with Crippen LogP contribution < -0.4 is 0 Å². The minimum absolute atomic E-state index is 0.0445. The fourth-order valence-electron chi connectivity index (χ4n) is 3.57. The molecule has 16 heavy (non-hydrogen) atoms. The Balaban J connectivity index is 2.11. The van der Waals surface area contributed by atoms with Crippen LogP contribution in [-0.4, -0.2) is 22.8 Å². The molecule has 0 aliphatic heterocycles. The van der Waals surface area contributed by atoms with Crippen LogP contribution in [0.4, 0.5) is 0 Å². The minimum atomic E-state index is -0.554. The second-order valence-corrected chi connectivity index (χ2v) is 5.60. The van der Waals surface area contributed by atoms with E-state index < -0.39 is 5.60 Å². The normalized spacial score (nSPS) is 43.6. The van der Waals surface area contributed by atoms with E-state index >= 15 is 0 Å². The topological polar surface area (TPSA) is 46.5 Å². The summed E-state index contributed by atoms with van der Waals surface area (Å²) in [4.78, 5) is 11.1. The van der Waals surface area contributed by atoms with Crippen molar-refractivity contribution in [2.75, 3.05) is 0 Å². The Morgan fingerprint density at radius 3 is 2.69 bits per heavy atom. The lowest BCUT2D eigenvalue weighted by atomic mass is 9.62. The zero-order valence-corrected chi connectivity index (χ0v) is 10.2. The Morgan fingerprint density at radius 2 is 2.00 bits per heavy atom. The lowest BCUT2D eigenvalue weighted by Crippen LogP contribution is -2.50. The summed E-state index contributed by atoms with van der Waals surface area (Å²) in [5.41, 5.74) is -0.554. The van der Waals surface area contributed by atoms with Crippen LogP contribution in [0.15, 0.2) is 0 Å². The van der Waals surface area contributed by atoms with Gasteiger partial charge in [-0.05, 0) is 38.5 Å². The van der Waals surface area contributed by atoms with Gasteiger partial charge in [-0.3, -0.25) is 4.79 Å². The number of carbonyl (C=O) groups excluding carboxylic acids is 1.